The van der Waals surface area contributed by atoms with Crippen LogP contribution >= 0.6 is 0 Å². The van der Waals surface area contributed by atoms with Crippen molar-refractivity contribution in [3.63, 3.8) is 0 Å². The highest BCUT2D eigenvalue weighted by atomic mass is 16.5. The number of hydrogen-bond acceptors (Lipinski definition) is 7. The molecule has 0 unspecified atom stereocenters. The molecular weight excluding hydrogens is 464 g/mol. The van der Waals surface area contributed by atoms with Crippen LogP contribution in [0.3, 0.4) is 0 Å². The van der Waals surface area contributed by atoms with Gasteiger partial charge in [-0.15, -0.1) is 0 Å². The van der Waals surface area contributed by atoms with Crippen LogP contribution in [-0.4, -0.2) is 45.2 Å². The van der Waals surface area contributed by atoms with Crippen LogP contribution in [0, 0.1) is 0 Å². The summed E-state index contributed by atoms with van der Waals surface area (Å²) in [7, 11) is 3.03. The standard InChI is InChI=1S/C27H28N2O7/c1-4-35-22-13-10-21(11-14-22)29-27(32)18-5-8-20(9-6-18)28-25(30)17-36-26(31)15-19-7-12-23(33-2)16-24(19)34-3/h5-14,16H,4,15,17H2,1-3H3,(H,28,30)(H,29,32). The lowest BCUT2D eigenvalue weighted by molar-refractivity contribution is -0.146. The number of carbonyl (C=O) groups is 3. The third-order valence-corrected chi connectivity index (χ3v) is 5.05. The van der Waals surface area contributed by atoms with E-state index in [2.05, 4.69) is 10.6 Å². The van der Waals surface area contributed by atoms with Crippen LogP contribution < -0.4 is 24.8 Å². The second-order valence-corrected chi connectivity index (χ2v) is 7.55. The van der Waals surface area contributed by atoms with Crippen LogP contribution in [0.1, 0.15) is 22.8 Å². The highest BCUT2D eigenvalue weighted by molar-refractivity contribution is 6.04. The number of esters is 1. The average Bonchev–Trinajstić information content (AvgIpc) is 2.89. The zero-order valence-corrected chi connectivity index (χ0v) is 20.3. The molecule has 9 heteroatoms. The van der Waals surface area contributed by atoms with Crippen molar-refractivity contribution in [3.05, 3.63) is 77.9 Å². The molecule has 9 nitrogen and oxygen atoms in total. The van der Waals surface area contributed by atoms with Crippen molar-refractivity contribution < 1.29 is 33.3 Å². The van der Waals surface area contributed by atoms with E-state index in [0.29, 0.717) is 40.6 Å². The molecule has 3 aromatic rings. The van der Waals surface area contributed by atoms with E-state index in [1.54, 1.807) is 66.7 Å². The highest BCUT2D eigenvalue weighted by Gasteiger charge is 2.13. The van der Waals surface area contributed by atoms with E-state index in [1.165, 1.54) is 14.2 Å². The molecule has 3 rings (SSSR count). The molecule has 0 aliphatic rings. The Labute approximate surface area is 209 Å². The topological polar surface area (TPSA) is 112 Å². The van der Waals surface area contributed by atoms with Gasteiger partial charge in [-0.3, -0.25) is 14.4 Å². The molecule has 0 radical (unpaired) electrons. The minimum atomic E-state index is -0.574. The van der Waals surface area contributed by atoms with Gasteiger partial charge in [-0.25, -0.2) is 0 Å². The van der Waals surface area contributed by atoms with E-state index >= 15 is 0 Å². The number of rotatable bonds is 11. The normalized spacial score (nSPS) is 10.2. The van der Waals surface area contributed by atoms with Crippen LogP contribution in [0.15, 0.2) is 66.7 Å². The van der Waals surface area contributed by atoms with Crippen molar-refractivity contribution in [3.8, 4) is 17.2 Å². The Hall–Kier alpha value is -4.53. The molecule has 2 amide bonds. The van der Waals surface area contributed by atoms with Crippen molar-refractivity contribution >= 4 is 29.2 Å². The first-order chi connectivity index (χ1) is 17.4. The number of nitrogens with one attached hydrogen (secondary N) is 2. The predicted octanol–water partition coefficient (Wildman–Crippen LogP) is 4.08. The fraction of sp³-hybridized carbons (Fsp3) is 0.222. The van der Waals surface area contributed by atoms with Crippen LogP contribution in [0.25, 0.3) is 0 Å². The fourth-order valence-corrected chi connectivity index (χ4v) is 3.26. The van der Waals surface area contributed by atoms with E-state index in [1.807, 2.05) is 6.92 Å². The lowest BCUT2D eigenvalue weighted by atomic mass is 10.1. The van der Waals surface area contributed by atoms with Crippen LogP contribution in [0.5, 0.6) is 17.2 Å². The smallest absolute Gasteiger partial charge is 0.310 e. The molecule has 0 heterocycles. The molecule has 2 N–H and O–H groups in total. The number of benzene rings is 3. The molecule has 36 heavy (non-hydrogen) atoms. The first kappa shape index (κ1) is 26.1. The van der Waals surface area contributed by atoms with E-state index in [-0.39, 0.29) is 12.3 Å². The number of anilines is 2. The first-order valence-electron chi connectivity index (χ1n) is 11.2. The first-order valence-corrected chi connectivity index (χ1v) is 11.2. The molecule has 0 aromatic heterocycles. The van der Waals surface area contributed by atoms with E-state index in [4.69, 9.17) is 18.9 Å². The summed E-state index contributed by atoms with van der Waals surface area (Å²) < 4.78 is 20.9. The molecule has 0 atom stereocenters. The maximum absolute atomic E-state index is 12.5. The van der Waals surface area contributed by atoms with Crippen molar-refractivity contribution in [1.29, 1.82) is 0 Å². The van der Waals surface area contributed by atoms with E-state index in [9.17, 15) is 14.4 Å². The summed E-state index contributed by atoms with van der Waals surface area (Å²) in [6.45, 7) is 2.02. The molecule has 0 aliphatic carbocycles. The molecular formula is C27H28N2O7. The third-order valence-electron chi connectivity index (χ3n) is 5.05. The number of carbonyl (C=O) groups excluding carboxylic acids is 3. The minimum Gasteiger partial charge on any atom is -0.497 e. The molecule has 0 saturated heterocycles. The quantitative estimate of drug-likeness (QED) is 0.388. The lowest BCUT2D eigenvalue weighted by Crippen LogP contribution is -2.21. The Morgan fingerprint density at radius 2 is 1.42 bits per heavy atom. The SMILES string of the molecule is CCOc1ccc(NC(=O)c2ccc(NC(=O)COC(=O)Cc3ccc(OC)cc3OC)cc2)cc1. The Kier molecular flexibility index (Phi) is 9.27. The molecule has 0 bridgehead atoms. The van der Waals surface area contributed by atoms with Gasteiger partial charge in [0.25, 0.3) is 11.8 Å². The van der Waals surface area contributed by atoms with Gasteiger partial charge in [0.2, 0.25) is 0 Å². The highest BCUT2D eigenvalue weighted by Crippen LogP contribution is 2.25. The second-order valence-electron chi connectivity index (χ2n) is 7.55. The minimum absolute atomic E-state index is 0.0569. The van der Waals surface area contributed by atoms with E-state index in [0.717, 1.165) is 5.75 Å². The Morgan fingerprint density at radius 1 is 0.778 bits per heavy atom. The summed E-state index contributed by atoms with van der Waals surface area (Å²) in [4.78, 5) is 36.8. The molecule has 0 spiro atoms. The Balaban J connectivity index is 1.47. The van der Waals surface area contributed by atoms with Gasteiger partial charge in [-0.2, -0.15) is 0 Å². The van der Waals surface area contributed by atoms with Gasteiger partial charge in [0.15, 0.2) is 6.61 Å². The number of amides is 2. The summed E-state index contributed by atoms with van der Waals surface area (Å²) >= 11 is 0. The number of hydrogen-bond donors (Lipinski definition) is 2. The van der Waals surface area contributed by atoms with Gasteiger partial charge in [-0.1, -0.05) is 6.07 Å². The van der Waals surface area contributed by atoms with Gasteiger partial charge in [0.1, 0.15) is 17.2 Å². The second kappa shape index (κ2) is 12.8. The van der Waals surface area contributed by atoms with Gasteiger partial charge in [-0.05, 0) is 61.5 Å². The molecule has 0 saturated carbocycles. The van der Waals surface area contributed by atoms with Crippen molar-refractivity contribution in [2.45, 2.75) is 13.3 Å². The molecule has 3 aromatic carbocycles. The molecule has 0 fully saturated rings. The van der Waals surface area contributed by atoms with Gasteiger partial charge >= 0.3 is 5.97 Å². The Morgan fingerprint density at radius 3 is 2.06 bits per heavy atom. The van der Waals surface area contributed by atoms with Crippen molar-refractivity contribution in [2.75, 3.05) is 38.1 Å². The summed E-state index contributed by atoms with van der Waals surface area (Å²) in [6.07, 6.45) is -0.0569. The van der Waals surface area contributed by atoms with Crippen molar-refractivity contribution in [1.82, 2.24) is 0 Å². The molecule has 188 valence electrons. The lowest BCUT2D eigenvalue weighted by Gasteiger charge is -2.11. The monoisotopic (exact) mass is 492 g/mol. The van der Waals surface area contributed by atoms with Gasteiger partial charge < -0.3 is 29.6 Å². The van der Waals surface area contributed by atoms with Crippen LogP contribution in [0.2, 0.25) is 0 Å². The predicted molar refractivity (Wildman–Crippen MR) is 135 cm³/mol. The van der Waals surface area contributed by atoms with Crippen LogP contribution in [-0.2, 0) is 20.7 Å². The average molecular weight is 493 g/mol. The number of ether oxygens (including phenoxy) is 4. The zero-order valence-electron chi connectivity index (χ0n) is 20.3. The summed E-state index contributed by atoms with van der Waals surface area (Å²) in [5, 5.41) is 5.43. The zero-order chi connectivity index (χ0) is 25.9. The van der Waals surface area contributed by atoms with E-state index < -0.39 is 18.5 Å². The van der Waals surface area contributed by atoms with Crippen LogP contribution in [0.4, 0.5) is 11.4 Å². The maximum atomic E-state index is 12.5. The summed E-state index contributed by atoms with van der Waals surface area (Å²) in [5.74, 6) is 0.443. The molecule has 0 aliphatic heterocycles. The summed E-state index contributed by atoms with van der Waals surface area (Å²) in [6, 6.07) is 18.5. The largest absolute Gasteiger partial charge is 0.497 e. The van der Waals surface area contributed by atoms with Crippen molar-refractivity contribution in [2.24, 2.45) is 0 Å². The maximum Gasteiger partial charge on any atom is 0.310 e. The number of methoxy groups -OCH3 is 2. The fourth-order valence-electron chi connectivity index (χ4n) is 3.26. The third kappa shape index (κ3) is 7.49. The Bertz CT molecular complexity index is 1190. The van der Waals surface area contributed by atoms with Gasteiger partial charge in [0.05, 0.1) is 27.2 Å². The summed E-state index contributed by atoms with van der Waals surface area (Å²) in [5.41, 5.74) is 2.13. The van der Waals surface area contributed by atoms with Gasteiger partial charge in [0, 0.05) is 28.6 Å².